The number of carbonyl (C=O) groups excluding carboxylic acids is 2. The van der Waals surface area contributed by atoms with Crippen LogP contribution < -0.4 is 0 Å². The Kier molecular flexibility index (Phi) is 1.77. The van der Waals surface area contributed by atoms with Gasteiger partial charge in [-0.25, -0.2) is 0 Å². The minimum Gasteiger partial charge on any atom is -0.436 e. The second-order valence-corrected chi connectivity index (χ2v) is 3.17. The van der Waals surface area contributed by atoms with Gasteiger partial charge in [-0.2, -0.15) is 0 Å². The summed E-state index contributed by atoms with van der Waals surface area (Å²) in [4.78, 5) is 21.6. The molecule has 72 valence electrons. The van der Waals surface area contributed by atoms with Gasteiger partial charge in [-0.3, -0.25) is 9.59 Å². The molecule has 0 aliphatic rings. The predicted octanol–water partition coefficient (Wildman–Crippen LogP) is 1.79. The van der Waals surface area contributed by atoms with Gasteiger partial charge in [-0.05, 0) is 12.1 Å². The van der Waals surface area contributed by atoms with E-state index >= 15 is 0 Å². The Balaban J connectivity index is 2.70. The van der Waals surface area contributed by atoms with Crippen molar-refractivity contribution in [2.45, 2.75) is 6.92 Å². The Labute approximate surface area is 80.1 Å². The molecule has 4 nitrogen and oxygen atoms in total. The molecule has 14 heavy (non-hydrogen) atoms. The van der Waals surface area contributed by atoms with Crippen LogP contribution in [0.2, 0.25) is 0 Å². The highest BCUT2D eigenvalue weighted by Gasteiger charge is 2.12. The van der Waals surface area contributed by atoms with Crippen LogP contribution in [0.15, 0.2) is 16.5 Å². The van der Waals surface area contributed by atoms with Crippen LogP contribution in [0.25, 0.3) is 11.1 Å². The van der Waals surface area contributed by atoms with E-state index in [1.165, 1.54) is 6.92 Å². The molecular formula is C10H9NO3. The monoisotopic (exact) mass is 191 g/mol. The van der Waals surface area contributed by atoms with E-state index in [1.807, 2.05) is 0 Å². The van der Waals surface area contributed by atoms with Crippen LogP contribution in [-0.2, 0) is 7.05 Å². The van der Waals surface area contributed by atoms with Crippen molar-refractivity contribution in [1.29, 1.82) is 0 Å². The van der Waals surface area contributed by atoms with E-state index in [1.54, 1.807) is 23.7 Å². The van der Waals surface area contributed by atoms with E-state index in [0.717, 1.165) is 11.7 Å². The molecule has 0 saturated heterocycles. The molecule has 0 N–H and O–H groups in total. The first-order valence-corrected chi connectivity index (χ1v) is 4.19. The molecule has 0 fully saturated rings. The number of ketones is 1. The lowest BCUT2D eigenvalue weighted by atomic mass is 10.3. The molecule has 2 rings (SSSR count). The van der Waals surface area contributed by atoms with Gasteiger partial charge in [0.05, 0.1) is 5.69 Å². The summed E-state index contributed by atoms with van der Waals surface area (Å²) in [6.45, 7) is 1.44. The molecule has 2 aromatic rings. The summed E-state index contributed by atoms with van der Waals surface area (Å²) in [5, 5.41) is 0.778. The number of aldehydes is 1. The highest BCUT2D eigenvalue weighted by atomic mass is 16.4. The molecule has 0 unspecified atom stereocenters. The number of furan rings is 1. The van der Waals surface area contributed by atoms with Crippen LogP contribution in [0.1, 0.15) is 28.0 Å². The van der Waals surface area contributed by atoms with Crippen molar-refractivity contribution in [3.63, 3.8) is 0 Å². The molecule has 0 amide bonds. The topological polar surface area (TPSA) is 52.2 Å². The Morgan fingerprint density at radius 3 is 2.71 bits per heavy atom. The van der Waals surface area contributed by atoms with Gasteiger partial charge in [0.1, 0.15) is 0 Å². The maximum atomic E-state index is 11.0. The quantitative estimate of drug-likeness (QED) is 0.537. The normalized spacial score (nSPS) is 10.7. The maximum Gasteiger partial charge on any atom is 0.207 e. The van der Waals surface area contributed by atoms with E-state index in [2.05, 4.69) is 0 Å². The third-order valence-electron chi connectivity index (χ3n) is 2.20. The number of aromatic nitrogens is 1. The van der Waals surface area contributed by atoms with Gasteiger partial charge >= 0.3 is 0 Å². The minimum atomic E-state index is -0.117. The smallest absolute Gasteiger partial charge is 0.207 e. The third kappa shape index (κ3) is 1.08. The average Bonchev–Trinajstić information content (AvgIpc) is 2.66. The van der Waals surface area contributed by atoms with Gasteiger partial charge < -0.3 is 8.98 Å². The van der Waals surface area contributed by atoms with E-state index in [-0.39, 0.29) is 5.78 Å². The van der Waals surface area contributed by atoms with Gasteiger partial charge in [-0.15, -0.1) is 0 Å². The summed E-state index contributed by atoms with van der Waals surface area (Å²) in [6, 6.07) is 3.34. The zero-order valence-electron chi connectivity index (χ0n) is 7.90. The van der Waals surface area contributed by atoms with Crippen LogP contribution in [0.5, 0.6) is 0 Å². The molecule has 4 heteroatoms. The van der Waals surface area contributed by atoms with E-state index in [0.29, 0.717) is 17.2 Å². The summed E-state index contributed by atoms with van der Waals surface area (Å²) in [6.07, 6.45) is 0.753. The molecule has 0 radical (unpaired) electrons. The summed E-state index contributed by atoms with van der Waals surface area (Å²) in [5.41, 5.74) is 1.09. The van der Waals surface area contributed by atoms with Crippen molar-refractivity contribution in [3.05, 3.63) is 23.6 Å². The van der Waals surface area contributed by atoms with Crippen molar-refractivity contribution < 1.29 is 14.0 Å². The third-order valence-corrected chi connectivity index (χ3v) is 2.20. The summed E-state index contributed by atoms with van der Waals surface area (Å²) < 4.78 is 6.92. The van der Waals surface area contributed by atoms with Crippen molar-refractivity contribution >= 4 is 23.2 Å². The Bertz CT molecular complexity index is 519. The summed E-state index contributed by atoms with van der Waals surface area (Å²) in [7, 11) is 1.72. The second-order valence-electron chi connectivity index (χ2n) is 3.17. The fourth-order valence-corrected chi connectivity index (χ4v) is 1.42. The van der Waals surface area contributed by atoms with Crippen LogP contribution in [-0.4, -0.2) is 16.6 Å². The number of fused-ring (bicyclic) bond motifs is 1. The number of nitrogens with zero attached hydrogens (tertiary/aromatic N) is 1. The largest absolute Gasteiger partial charge is 0.436 e. The van der Waals surface area contributed by atoms with E-state index in [4.69, 9.17) is 4.42 Å². The lowest BCUT2D eigenvalue weighted by Crippen LogP contribution is -1.93. The molecule has 0 aromatic carbocycles. The lowest BCUT2D eigenvalue weighted by Gasteiger charge is -1.93. The zero-order valence-corrected chi connectivity index (χ0v) is 7.90. The molecule has 0 spiro atoms. The SMILES string of the molecule is CC(=O)c1cc2cc(C=O)n(C)c2o1. The Morgan fingerprint density at radius 1 is 1.50 bits per heavy atom. The van der Waals surface area contributed by atoms with Crippen molar-refractivity contribution in [2.24, 2.45) is 7.05 Å². The molecule has 0 aliphatic heterocycles. The predicted molar refractivity (Wildman–Crippen MR) is 50.6 cm³/mol. The van der Waals surface area contributed by atoms with Gasteiger partial charge in [0.2, 0.25) is 5.71 Å². The molecule has 0 aliphatic carbocycles. The molecule has 2 heterocycles. The van der Waals surface area contributed by atoms with Gasteiger partial charge in [0.15, 0.2) is 17.8 Å². The number of aryl methyl sites for hydroxylation is 1. The number of rotatable bonds is 2. The standard InChI is InChI=1S/C10H9NO3/c1-6(13)9-4-7-3-8(5-12)11(2)10(7)14-9/h3-5H,1-2H3. The first kappa shape index (κ1) is 8.74. The van der Waals surface area contributed by atoms with Crippen molar-refractivity contribution in [3.8, 4) is 0 Å². The number of hydrogen-bond acceptors (Lipinski definition) is 3. The number of hydrogen-bond donors (Lipinski definition) is 0. The highest BCUT2D eigenvalue weighted by Crippen LogP contribution is 2.22. The number of Topliss-reactive ketones (excluding diaryl/α,β-unsaturated/α-hetero) is 1. The fourth-order valence-electron chi connectivity index (χ4n) is 1.42. The van der Waals surface area contributed by atoms with Crippen molar-refractivity contribution in [1.82, 2.24) is 4.57 Å². The van der Waals surface area contributed by atoms with E-state index < -0.39 is 0 Å². The van der Waals surface area contributed by atoms with E-state index in [9.17, 15) is 9.59 Å². The first-order chi connectivity index (χ1) is 6.63. The molecule has 0 saturated carbocycles. The zero-order chi connectivity index (χ0) is 10.3. The fraction of sp³-hybridized carbons (Fsp3) is 0.200. The van der Waals surface area contributed by atoms with Crippen molar-refractivity contribution in [2.75, 3.05) is 0 Å². The van der Waals surface area contributed by atoms with Crippen LogP contribution in [0, 0.1) is 0 Å². The Hall–Kier alpha value is -1.84. The minimum absolute atomic E-state index is 0.117. The van der Waals surface area contributed by atoms with Crippen LogP contribution in [0.4, 0.5) is 0 Å². The van der Waals surface area contributed by atoms with Gasteiger partial charge in [0, 0.05) is 19.4 Å². The van der Waals surface area contributed by atoms with Crippen LogP contribution >= 0.6 is 0 Å². The number of carbonyl (C=O) groups is 2. The summed E-state index contributed by atoms with van der Waals surface area (Å²) >= 11 is 0. The molecule has 0 bridgehead atoms. The Morgan fingerprint density at radius 2 is 2.21 bits per heavy atom. The first-order valence-electron chi connectivity index (χ1n) is 4.19. The van der Waals surface area contributed by atoms with Crippen LogP contribution in [0.3, 0.4) is 0 Å². The molecule has 2 aromatic heterocycles. The average molecular weight is 191 g/mol. The molecular weight excluding hydrogens is 182 g/mol. The highest BCUT2D eigenvalue weighted by molar-refractivity contribution is 5.96. The lowest BCUT2D eigenvalue weighted by molar-refractivity contribution is 0.0988. The summed E-state index contributed by atoms with van der Waals surface area (Å²) in [5.74, 6) is 0.205. The second kappa shape index (κ2) is 2.83. The van der Waals surface area contributed by atoms with Gasteiger partial charge in [-0.1, -0.05) is 0 Å². The molecule has 0 atom stereocenters. The van der Waals surface area contributed by atoms with Gasteiger partial charge in [0.25, 0.3) is 0 Å². The maximum absolute atomic E-state index is 11.0.